The van der Waals surface area contributed by atoms with Gasteiger partial charge < -0.3 is 14.2 Å². The number of aryl methyl sites for hydroxylation is 1. The van der Waals surface area contributed by atoms with E-state index in [4.69, 9.17) is 4.74 Å². The summed E-state index contributed by atoms with van der Waals surface area (Å²) < 4.78 is 6.54. The van der Waals surface area contributed by atoms with Gasteiger partial charge in [0, 0.05) is 31.9 Å². The third kappa shape index (κ3) is 3.46. The maximum atomic E-state index is 13.1. The van der Waals surface area contributed by atoms with E-state index in [1.54, 1.807) is 22.6 Å². The molecule has 136 valence electrons. The van der Waals surface area contributed by atoms with Crippen LogP contribution in [0.15, 0.2) is 17.1 Å². The first-order valence-electron chi connectivity index (χ1n) is 8.73. The summed E-state index contributed by atoms with van der Waals surface area (Å²) in [4.78, 5) is 41.5. The number of nitrogens with zero attached hydrogens (tertiary/aromatic N) is 3. The maximum absolute atomic E-state index is 13.1. The molecule has 1 saturated heterocycles. The SMILES string of the molecule is COC(=O)C1CN(C(=O)c2c(C)ccn(C3CC3)c2=O)CCCN1C. The maximum Gasteiger partial charge on any atom is 0.324 e. The van der Waals surface area contributed by atoms with Crippen LogP contribution in [0, 0.1) is 6.92 Å². The number of hydrogen-bond acceptors (Lipinski definition) is 5. The molecule has 1 aromatic rings. The number of carbonyl (C=O) groups is 2. The second-order valence-electron chi connectivity index (χ2n) is 6.94. The molecule has 1 aliphatic carbocycles. The van der Waals surface area contributed by atoms with Gasteiger partial charge >= 0.3 is 5.97 Å². The van der Waals surface area contributed by atoms with Gasteiger partial charge in [0.1, 0.15) is 11.6 Å². The molecule has 1 saturated carbocycles. The fourth-order valence-corrected chi connectivity index (χ4v) is 3.38. The number of carbonyl (C=O) groups excluding carboxylic acids is 2. The molecule has 2 heterocycles. The zero-order valence-corrected chi connectivity index (χ0v) is 15.0. The van der Waals surface area contributed by atoms with Crippen molar-refractivity contribution >= 4 is 11.9 Å². The van der Waals surface area contributed by atoms with E-state index in [0.717, 1.165) is 19.3 Å². The number of pyridine rings is 1. The Morgan fingerprint density at radius 2 is 1.96 bits per heavy atom. The van der Waals surface area contributed by atoms with Crippen molar-refractivity contribution in [3.63, 3.8) is 0 Å². The highest BCUT2D eigenvalue weighted by atomic mass is 16.5. The standard InChI is InChI=1S/C18H25N3O4/c1-12-7-10-21(13-5-6-13)17(23)15(12)16(22)20-9-4-8-19(2)14(11-20)18(24)25-3/h7,10,13-14H,4-6,8-9,11H2,1-3H3. The van der Waals surface area contributed by atoms with Crippen molar-refractivity contribution in [3.8, 4) is 0 Å². The third-order valence-electron chi connectivity index (χ3n) is 5.11. The van der Waals surface area contributed by atoms with Gasteiger partial charge in [0.15, 0.2) is 0 Å². The lowest BCUT2D eigenvalue weighted by Gasteiger charge is -2.27. The van der Waals surface area contributed by atoms with Crippen LogP contribution in [0.25, 0.3) is 0 Å². The van der Waals surface area contributed by atoms with Crippen molar-refractivity contribution in [2.45, 2.75) is 38.3 Å². The van der Waals surface area contributed by atoms with Crippen LogP contribution >= 0.6 is 0 Å². The van der Waals surface area contributed by atoms with Gasteiger partial charge in [0.05, 0.1) is 7.11 Å². The van der Waals surface area contributed by atoms with Crippen molar-refractivity contribution < 1.29 is 14.3 Å². The number of likely N-dealkylation sites (N-methyl/N-ethyl adjacent to an activating group) is 1. The van der Waals surface area contributed by atoms with Crippen LogP contribution in [0.1, 0.15) is 41.2 Å². The lowest BCUT2D eigenvalue weighted by atomic mass is 10.1. The van der Waals surface area contributed by atoms with Gasteiger partial charge in [-0.3, -0.25) is 19.3 Å². The quantitative estimate of drug-likeness (QED) is 0.757. The molecule has 25 heavy (non-hydrogen) atoms. The lowest BCUT2D eigenvalue weighted by molar-refractivity contribution is -0.146. The molecule has 7 nitrogen and oxygen atoms in total. The Morgan fingerprint density at radius 3 is 2.60 bits per heavy atom. The zero-order chi connectivity index (χ0) is 18.1. The van der Waals surface area contributed by atoms with Gasteiger partial charge in [0.25, 0.3) is 11.5 Å². The second kappa shape index (κ2) is 7.00. The minimum atomic E-state index is -0.508. The van der Waals surface area contributed by atoms with E-state index in [0.29, 0.717) is 18.7 Å². The third-order valence-corrected chi connectivity index (χ3v) is 5.11. The molecule has 1 aliphatic heterocycles. The molecule has 0 N–H and O–H groups in total. The molecule has 7 heteroatoms. The molecule has 1 aromatic heterocycles. The number of hydrogen-bond donors (Lipinski definition) is 0. The van der Waals surface area contributed by atoms with E-state index in [2.05, 4.69) is 0 Å². The van der Waals surface area contributed by atoms with Crippen molar-refractivity contribution in [2.24, 2.45) is 0 Å². The van der Waals surface area contributed by atoms with E-state index >= 15 is 0 Å². The largest absolute Gasteiger partial charge is 0.468 e. The van der Waals surface area contributed by atoms with Crippen molar-refractivity contribution in [1.82, 2.24) is 14.4 Å². The second-order valence-corrected chi connectivity index (χ2v) is 6.94. The van der Waals surface area contributed by atoms with Crippen LogP contribution in [-0.2, 0) is 9.53 Å². The van der Waals surface area contributed by atoms with E-state index in [9.17, 15) is 14.4 Å². The van der Waals surface area contributed by atoms with Crippen LogP contribution in [0.3, 0.4) is 0 Å². The van der Waals surface area contributed by atoms with Gasteiger partial charge in [0.2, 0.25) is 0 Å². The van der Waals surface area contributed by atoms with Crippen LogP contribution in [0.4, 0.5) is 0 Å². The molecule has 0 bridgehead atoms. The molecule has 2 fully saturated rings. The molecular weight excluding hydrogens is 322 g/mol. The minimum Gasteiger partial charge on any atom is -0.468 e. The summed E-state index contributed by atoms with van der Waals surface area (Å²) in [6.07, 6.45) is 4.49. The van der Waals surface area contributed by atoms with Crippen molar-refractivity contribution in [1.29, 1.82) is 0 Å². The summed E-state index contributed by atoms with van der Waals surface area (Å²) in [7, 11) is 3.20. The van der Waals surface area contributed by atoms with E-state index in [-0.39, 0.29) is 35.6 Å². The average molecular weight is 347 g/mol. The molecule has 0 spiro atoms. The zero-order valence-electron chi connectivity index (χ0n) is 15.0. The number of ether oxygens (including phenoxy) is 1. The van der Waals surface area contributed by atoms with Crippen LogP contribution in [0.2, 0.25) is 0 Å². The number of methoxy groups -OCH3 is 1. The predicted octanol–water partition coefficient (Wildman–Crippen LogP) is 0.811. The lowest BCUT2D eigenvalue weighted by Crippen LogP contribution is -2.47. The minimum absolute atomic E-state index is 0.220. The summed E-state index contributed by atoms with van der Waals surface area (Å²) in [5, 5.41) is 0. The number of rotatable bonds is 3. The van der Waals surface area contributed by atoms with Gasteiger partial charge in [-0.25, -0.2) is 0 Å². The highest BCUT2D eigenvalue weighted by Crippen LogP contribution is 2.33. The Hall–Kier alpha value is -2.15. The van der Waals surface area contributed by atoms with E-state index in [1.807, 2.05) is 18.0 Å². The van der Waals surface area contributed by atoms with Crippen LogP contribution in [0.5, 0.6) is 0 Å². The first-order chi connectivity index (χ1) is 11.9. The number of aromatic nitrogens is 1. The number of amides is 1. The Labute approximate surface area is 147 Å². The predicted molar refractivity (Wildman–Crippen MR) is 92.7 cm³/mol. The van der Waals surface area contributed by atoms with Gasteiger partial charge in [-0.15, -0.1) is 0 Å². The monoisotopic (exact) mass is 347 g/mol. The molecule has 1 atom stereocenters. The van der Waals surface area contributed by atoms with Crippen LogP contribution < -0.4 is 5.56 Å². The summed E-state index contributed by atoms with van der Waals surface area (Å²) >= 11 is 0. The van der Waals surface area contributed by atoms with Crippen molar-refractivity contribution in [2.75, 3.05) is 33.8 Å². The Morgan fingerprint density at radius 1 is 1.24 bits per heavy atom. The fraction of sp³-hybridized carbons (Fsp3) is 0.611. The highest BCUT2D eigenvalue weighted by Gasteiger charge is 2.33. The molecule has 0 radical (unpaired) electrons. The first-order valence-corrected chi connectivity index (χ1v) is 8.73. The summed E-state index contributed by atoms with van der Waals surface area (Å²) in [6, 6.07) is 1.54. The summed E-state index contributed by atoms with van der Waals surface area (Å²) in [5.74, 6) is -0.649. The van der Waals surface area contributed by atoms with Gasteiger partial charge in [-0.2, -0.15) is 0 Å². The summed E-state index contributed by atoms with van der Waals surface area (Å²) in [5.41, 5.74) is 0.682. The Bertz CT molecular complexity index is 738. The Balaban J connectivity index is 1.91. The normalized spacial score (nSPS) is 21.7. The van der Waals surface area contributed by atoms with Gasteiger partial charge in [-0.05, 0) is 44.9 Å². The highest BCUT2D eigenvalue weighted by molar-refractivity contribution is 5.95. The van der Waals surface area contributed by atoms with Crippen molar-refractivity contribution in [3.05, 3.63) is 33.7 Å². The smallest absolute Gasteiger partial charge is 0.324 e. The topological polar surface area (TPSA) is 71.8 Å². The summed E-state index contributed by atoms with van der Waals surface area (Å²) in [6.45, 7) is 3.24. The van der Waals surface area contributed by atoms with Gasteiger partial charge in [-0.1, -0.05) is 0 Å². The first kappa shape index (κ1) is 17.7. The van der Waals surface area contributed by atoms with Crippen LogP contribution in [-0.4, -0.2) is 66.1 Å². The van der Waals surface area contributed by atoms with E-state index in [1.165, 1.54) is 7.11 Å². The van der Waals surface area contributed by atoms with E-state index < -0.39 is 6.04 Å². The molecule has 1 amide bonds. The number of esters is 1. The molecule has 0 aromatic carbocycles. The fourth-order valence-electron chi connectivity index (χ4n) is 3.38. The molecule has 3 rings (SSSR count). The average Bonchev–Trinajstić information content (AvgIpc) is 3.42. The molecular formula is C18H25N3O4. The molecule has 1 unspecified atom stereocenters. The molecule has 2 aliphatic rings. The Kier molecular flexibility index (Phi) is 4.94.